The van der Waals surface area contributed by atoms with Gasteiger partial charge in [0.2, 0.25) is 0 Å². The number of ether oxygens (including phenoxy) is 1. The Morgan fingerprint density at radius 2 is 2.07 bits per heavy atom. The van der Waals surface area contributed by atoms with Gasteiger partial charge in [0.05, 0.1) is 34.4 Å². The molecule has 2 amide bonds. The summed E-state index contributed by atoms with van der Waals surface area (Å²) < 4.78 is 20.1. The van der Waals surface area contributed by atoms with Crippen molar-refractivity contribution >= 4 is 46.6 Å². The number of carbonyl (C=O) groups is 3. The summed E-state index contributed by atoms with van der Waals surface area (Å²) in [5.41, 5.74) is 0.972. The SMILES string of the molecule is CCOC(=O)C1=C(CN2CCN3C(=O)N(CC(C)(C)C(=O)O)C[C@@H]3C2)NC(c2nccs2)=C[C@H]1c1cccc(F)c1Cl. The minimum Gasteiger partial charge on any atom is -0.481 e. The van der Waals surface area contributed by atoms with E-state index < -0.39 is 29.1 Å². The van der Waals surface area contributed by atoms with Crippen molar-refractivity contribution in [3.8, 4) is 0 Å². The van der Waals surface area contributed by atoms with E-state index in [9.17, 15) is 23.9 Å². The first-order valence-corrected chi connectivity index (χ1v) is 15.0. The first kappa shape index (κ1) is 30.0. The molecular weight excluding hydrogens is 585 g/mol. The second-order valence-corrected chi connectivity index (χ2v) is 12.5. The number of nitrogens with zero attached hydrogens (tertiary/aromatic N) is 4. The molecule has 0 saturated carbocycles. The maximum absolute atomic E-state index is 14.6. The number of urea groups is 1. The van der Waals surface area contributed by atoms with Gasteiger partial charge in [-0.3, -0.25) is 9.69 Å². The van der Waals surface area contributed by atoms with Gasteiger partial charge in [-0.15, -0.1) is 11.3 Å². The fraction of sp³-hybridized carbons (Fsp3) is 0.448. The summed E-state index contributed by atoms with van der Waals surface area (Å²) in [6, 6.07) is 4.24. The Bertz CT molecular complexity index is 1450. The monoisotopic (exact) mass is 617 g/mol. The standard InChI is InChI=1S/C29H33ClFN5O5S/c1-4-41-26(37)23-19(18-6-5-7-20(31)24(18)30)12-21(25-32-8-11-42-25)33-22(23)15-34-9-10-36-17(13-34)14-35(28(36)40)16-29(2,3)27(38)39/h5-8,11-12,17,19,33H,4,9-10,13-16H2,1-3H3,(H,38,39)/t17-,19-/m0/s1. The van der Waals surface area contributed by atoms with Gasteiger partial charge in [0.1, 0.15) is 10.8 Å². The van der Waals surface area contributed by atoms with Crippen molar-refractivity contribution in [2.75, 3.05) is 45.9 Å². The zero-order valence-corrected chi connectivity index (χ0v) is 25.2. The highest BCUT2D eigenvalue weighted by molar-refractivity contribution is 7.10. The maximum atomic E-state index is 14.6. The molecule has 2 saturated heterocycles. The number of aromatic nitrogens is 1. The van der Waals surface area contributed by atoms with E-state index >= 15 is 0 Å². The topological polar surface area (TPSA) is 115 Å². The van der Waals surface area contributed by atoms with Gasteiger partial charge in [-0.1, -0.05) is 23.7 Å². The van der Waals surface area contributed by atoms with Gasteiger partial charge < -0.3 is 25.0 Å². The quantitative estimate of drug-likeness (QED) is 0.406. The van der Waals surface area contributed by atoms with Crippen molar-refractivity contribution in [2.45, 2.75) is 32.7 Å². The highest BCUT2D eigenvalue weighted by Gasteiger charge is 2.44. The Morgan fingerprint density at radius 1 is 1.29 bits per heavy atom. The third-order valence-electron chi connectivity index (χ3n) is 7.79. The molecule has 10 nitrogen and oxygen atoms in total. The molecule has 1 aromatic carbocycles. The smallest absolute Gasteiger partial charge is 0.336 e. The molecule has 224 valence electrons. The number of benzene rings is 1. The van der Waals surface area contributed by atoms with Gasteiger partial charge in [0.25, 0.3) is 0 Å². The summed E-state index contributed by atoms with van der Waals surface area (Å²) in [6.45, 7) is 7.50. The van der Waals surface area contributed by atoms with Crippen LogP contribution in [0.15, 0.2) is 47.1 Å². The van der Waals surface area contributed by atoms with E-state index in [-0.39, 0.29) is 30.2 Å². The lowest BCUT2D eigenvalue weighted by atomic mass is 9.86. The summed E-state index contributed by atoms with van der Waals surface area (Å²) in [7, 11) is 0. The number of thiazole rings is 1. The first-order valence-electron chi connectivity index (χ1n) is 13.7. The fourth-order valence-corrected chi connectivity index (χ4v) is 6.53. The lowest BCUT2D eigenvalue weighted by Gasteiger charge is -2.38. The van der Waals surface area contributed by atoms with E-state index in [0.29, 0.717) is 60.3 Å². The molecule has 42 heavy (non-hydrogen) atoms. The molecule has 2 aromatic rings. The van der Waals surface area contributed by atoms with Crippen LogP contribution in [-0.4, -0.2) is 94.7 Å². The minimum atomic E-state index is -1.07. The molecule has 0 unspecified atom stereocenters. The van der Waals surface area contributed by atoms with Gasteiger partial charge in [0, 0.05) is 62.5 Å². The molecule has 2 atom stereocenters. The summed E-state index contributed by atoms with van der Waals surface area (Å²) >= 11 is 7.87. The number of halogens is 2. The molecule has 0 bridgehead atoms. The summed E-state index contributed by atoms with van der Waals surface area (Å²) in [5, 5.41) is 15.4. The maximum Gasteiger partial charge on any atom is 0.336 e. The Labute approximate surface area is 252 Å². The number of allylic oxidation sites excluding steroid dienone is 1. The minimum absolute atomic E-state index is 0.0669. The predicted octanol–water partition coefficient (Wildman–Crippen LogP) is 4.01. The molecule has 3 aliphatic rings. The van der Waals surface area contributed by atoms with Crippen molar-refractivity contribution in [1.82, 2.24) is 25.0 Å². The third-order valence-corrected chi connectivity index (χ3v) is 9.00. The number of nitrogens with one attached hydrogen (secondary N) is 1. The summed E-state index contributed by atoms with van der Waals surface area (Å²) in [6.07, 6.45) is 3.51. The molecule has 1 aromatic heterocycles. The number of hydrogen-bond acceptors (Lipinski definition) is 8. The van der Waals surface area contributed by atoms with Gasteiger partial charge >= 0.3 is 18.0 Å². The fourth-order valence-electron chi connectivity index (χ4n) is 5.67. The zero-order valence-electron chi connectivity index (χ0n) is 23.6. The highest BCUT2D eigenvalue weighted by Crippen LogP contribution is 2.40. The number of carbonyl (C=O) groups excluding carboxylic acids is 2. The second-order valence-electron chi connectivity index (χ2n) is 11.2. The van der Waals surface area contributed by atoms with Gasteiger partial charge in [-0.2, -0.15) is 0 Å². The molecule has 2 fully saturated rings. The van der Waals surface area contributed by atoms with Crippen LogP contribution in [-0.2, 0) is 14.3 Å². The number of hydrogen-bond donors (Lipinski definition) is 2. The normalized spacial score (nSPS) is 21.3. The molecule has 3 aliphatic heterocycles. The van der Waals surface area contributed by atoms with Crippen molar-refractivity contribution in [2.24, 2.45) is 5.41 Å². The van der Waals surface area contributed by atoms with Crippen molar-refractivity contribution in [1.29, 1.82) is 0 Å². The molecule has 2 N–H and O–H groups in total. The largest absolute Gasteiger partial charge is 0.481 e. The lowest BCUT2D eigenvalue weighted by molar-refractivity contribution is -0.147. The number of amides is 2. The molecule has 0 radical (unpaired) electrons. The van der Waals surface area contributed by atoms with Crippen molar-refractivity contribution < 1.29 is 28.6 Å². The van der Waals surface area contributed by atoms with Crippen LogP contribution in [0.3, 0.4) is 0 Å². The van der Waals surface area contributed by atoms with Gasteiger partial charge in [-0.05, 0) is 38.5 Å². The van der Waals surface area contributed by atoms with Crippen LogP contribution in [0.1, 0.15) is 37.3 Å². The molecule has 13 heteroatoms. The Balaban J connectivity index is 1.45. The van der Waals surface area contributed by atoms with E-state index in [1.54, 1.807) is 48.9 Å². The van der Waals surface area contributed by atoms with E-state index in [1.165, 1.54) is 17.4 Å². The number of carboxylic acid groups (broad SMARTS) is 1. The average Bonchev–Trinajstić information content (AvgIpc) is 3.58. The number of carboxylic acids is 1. The van der Waals surface area contributed by atoms with Crippen LogP contribution in [0.2, 0.25) is 5.02 Å². The van der Waals surface area contributed by atoms with Gasteiger partial charge in [0.15, 0.2) is 0 Å². The van der Waals surface area contributed by atoms with Crippen LogP contribution < -0.4 is 5.32 Å². The van der Waals surface area contributed by atoms with E-state index in [1.807, 2.05) is 11.5 Å². The van der Waals surface area contributed by atoms with Crippen LogP contribution in [0.25, 0.3) is 5.70 Å². The lowest BCUT2D eigenvalue weighted by Crippen LogP contribution is -2.53. The van der Waals surface area contributed by atoms with E-state index in [2.05, 4.69) is 15.2 Å². The number of rotatable bonds is 9. The van der Waals surface area contributed by atoms with Crippen LogP contribution in [0.4, 0.5) is 9.18 Å². The number of piperazine rings is 1. The van der Waals surface area contributed by atoms with E-state index in [4.69, 9.17) is 16.3 Å². The summed E-state index contributed by atoms with van der Waals surface area (Å²) in [5.74, 6) is -2.76. The first-order chi connectivity index (χ1) is 20.0. The number of esters is 1. The third kappa shape index (κ3) is 5.88. The van der Waals surface area contributed by atoms with Crippen LogP contribution in [0.5, 0.6) is 0 Å². The summed E-state index contributed by atoms with van der Waals surface area (Å²) in [4.78, 5) is 48.2. The van der Waals surface area contributed by atoms with Crippen LogP contribution >= 0.6 is 22.9 Å². The number of dihydropyridines is 1. The van der Waals surface area contributed by atoms with E-state index in [0.717, 1.165) is 0 Å². The number of aliphatic carboxylic acids is 1. The zero-order chi connectivity index (χ0) is 30.2. The molecular formula is C29H33ClFN5O5S. The Hall–Kier alpha value is -3.48. The molecule has 0 aliphatic carbocycles. The molecule has 4 heterocycles. The van der Waals surface area contributed by atoms with Gasteiger partial charge in [-0.25, -0.2) is 19.0 Å². The van der Waals surface area contributed by atoms with Crippen molar-refractivity contribution in [3.05, 3.63) is 68.5 Å². The average molecular weight is 618 g/mol. The number of fused-ring (bicyclic) bond motifs is 1. The second kappa shape index (κ2) is 12.0. The molecule has 0 spiro atoms. The van der Waals surface area contributed by atoms with Crippen molar-refractivity contribution in [3.63, 3.8) is 0 Å². The predicted molar refractivity (Wildman–Crippen MR) is 156 cm³/mol. The Kier molecular flexibility index (Phi) is 8.58. The Morgan fingerprint density at radius 3 is 2.76 bits per heavy atom. The molecule has 5 rings (SSSR count). The van der Waals surface area contributed by atoms with Crippen LogP contribution in [0, 0.1) is 11.2 Å². The highest BCUT2D eigenvalue weighted by atomic mass is 35.5.